The molecule has 0 unspecified atom stereocenters. The van der Waals surface area contributed by atoms with E-state index in [1.165, 1.54) is 10.7 Å². The number of benzene rings is 1. The van der Waals surface area contributed by atoms with E-state index in [2.05, 4.69) is 15.1 Å². The van der Waals surface area contributed by atoms with Gasteiger partial charge in [0.25, 0.3) is 5.56 Å². The zero-order chi connectivity index (χ0) is 21.3. The molecule has 156 valence electrons. The number of hydrogen-bond acceptors (Lipinski definition) is 5. The molecule has 8 nitrogen and oxygen atoms in total. The molecule has 1 saturated heterocycles. The largest absolute Gasteiger partial charge is 0.368 e. The fourth-order valence-corrected chi connectivity index (χ4v) is 3.82. The number of hydrogen-bond donors (Lipinski definition) is 0. The minimum Gasteiger partial charge on any atom is -0.368 e. The van der Waals surface area contributed by atoms with Crippen molar-refractivity contribution >= 4 is 23.2 Å². The Morgan fingerprint density at radius 2 is 1.80 bits per heavy atom. The first-order valence-corrected chi connectivity index (χ1v) is 10.2. The topological polar surface area (TPSA) is 76.3 Å². The Balaban J connectivity index is 1.44. The number of carbonyl (C=O) groups is 1. The Hall–Kier alpha value is -3.13. The first-order valence-electron chi connectivity index (χ1n) is 9.81. The van der Waals surface area contributed by atoms with Crippen LogP contribution >= 0.6 is 11.6 Å². The van der Waals surface area contributed by atoms with Gasteiger partial charge in [-0.15, -0.1) is 5.10 Å². The second kappa shape index (κ2) is 8.31. The Kier molecular flexibility index (Phi) is 5.59. The van der Waals surface area contributed by atoms with Gasteiger partial charge in [0.1, 0.15) is 6.54 Å². The van der Waals surface area contributed by atoms with E-state index in [-0.39, 0.29) is 18.0 Å². The molecule has 1 aliphatic heterocycles. The Morgan fingerprint density at radius 1 is 1.03 bits per heavy atom. The molecule has 0 bridgehead atoms. The summed E-state index contributed by atoms with van der Waals surface area (Å²) in [4.78, 5) is 29.0. The lowest BCUT2D eigenvalue weighted by Crippen LogP contribution is -2.50. The maximum atomic E-state index is 12.8. The monoisotopic (exact) mass is 426 g/mol. The first kappa shape index (κ1) is 20.2. The van der Waals surface area contributed by atoms with Crippen LogP contribution in [0, 0.1) is 13.8 Å². The number of carbonyl (C=O) groups excluding carboxylic acids is 1. The molecule has 0 spiro atoms. The van der Waals surface area contributed by atoms with Gasteiger partial charge in [0, 0.05) is 48.6 Å². The lowest BCUT2D eigenvalue weighted by molar-refractivity contribution is -0.132. The maximum absolute atomic E-state index is 12.8. The third-order valence-corrected chi connectivity index (χ3v) is 5.40. The lowest BCUT2D eigenvalue weighted by atomic mass is 10.2. The molecule has 3 aromatic rings. The van der Waals surface area contributed by atoms with Crippen LogP contribution < -0.4 is 10.5 Å². The van der Waals surface area contributed by atoms with Gasteiger partial charge in [-0.3, -0.25) is 9.59 Å². The van der Waals surface area contributed by atoms with Crippen molar-refractivity contribution in [3.63, 3.8) is 0 Å². The molecular formula is C21H23ClN6O2. The second-order valence-electron chi connectivity index (χ2n) is 7.37. The molecule has 0 saturated carbocycles. The average Bonchev–Trinajstić information content (AvgIpc) is 3.07. The third kappa shape index (κ3) is 4.23. The van der Waals surface area contributed by atoms with E-state index in [9.17, 15) is 9.59 Å². The van der Waals surface area contributed by atoms with Crippen LogP contribution in [0.2, 0.25) is 5.02 Å². The molecule has 0 atom stereocenters. The summed E-state index contributed by atoms with van der Waals surface area (Å²) >= 11 is 6.08. The summed E-state index contributed by atoms with van der Waals surface area (Å²) in [7, 11) is 0. The van der Waals surface area contributed by atoms with Crippen LogP contribution in [0.1, 0.15) is 11.4 Å². The number of piperazine rings is 1. The quantitative estimate of drug-likeness (QED) is 0.638. The van der Waals surface area contributed by atoms with Crippen molar-refractivity contribution in [1.29, 1.82) is 0 Å². The highest BCUT2D eigenvalue weighted by molar-refractivity contribution is 6.30. The van der Waals surface area contributed by atoms with Gasteiger partial charge < -0.3 is 9.80 Å². The number of halogens is 1. The molecule has 0 radical (unpaired) electrons. The summed E-state index contributed by atoms with van der Waals surface area (Å²) in [5, 5.41) is 9.44. The molecule has 30 heavy (non-hydrogen) atoms. The Morgan fingerprint density at radius 3 is 2.47 bits per heavy atom. The van der Waals surface area contributed by atoms with E-state index in [0.29, 0.717) is 37.0 Å². The van der Waals surface area contributed by atoms with Crippen molar-refractivity contribution in [2.45, 2.75) is 20.4 Å². The van der Waals surface area contributed by atoms with E-state index < -0.39 is 0 Å². The van der Waals surface area contributed by atoms with Gasteiger partial charge in [-0.25, -0.2) is 9.36 Å². The normalized spacial score (nSPS) is 14.2. The number of anilines is 1. The zero-order valence-corrected chi connectivity index (χ0v) is 17.7. The lowest BCUT2D eigenvalue weighted by Gasteiger charge is -2.36. The van der Waals surface area contributed by atoms with E-state index in [0.717, 1.165) is 17.1 Å². The molecular weight excluding hydrogens is 404 g/mol. The van der Waals surface area contributed by atoms with Crippen molar-refractivity contribution < 1.29 is 4.79 Å². The highest BCUT2D eigenvalue weighted by Crippen LogP contribution is 2.20. The van der Waals surface area contributed by atoms with Crippen molar-refractivity contribution in [3.05, 3.63) is 69.2 Å². The smallest absolute Gasteiger partial charge is 0.267 e. The van der Waals surface area contributed by atoms with Crippen molar-refractivity contribution in [1.82, 2.24) is 24.5 Å². The standard InChI is InChI=1S/C21H23ClN6O2/c1-15-12-16(2)28(23-15)19-6-7-20(29)27(24-19)14-21(30)26-10-8-25(9-11-26)18-5-3-4-17(22)13-18/h3-7,12-13H,8-11,14H2,1-2H3. The van der Waals surface area contributed by atoms with E-state index in [1.54, 1.807) is 15.6 Å². The minimum absolute atomic E-state index is 0.0941. The molecule has 0 N–H and O–H groups in total. The fourth-order valence-electron chi connectivity index (χ4n) is 3.64. The van der Waals surface area contributed by atoms with Gasteiger partial charge in [0.2, 0.25) is 5.91 Å². The molecule has 0 aliphatic carbocycles. The van der Waals surface area contributed by atoms with Gasteiger partial charge in [0.05, 0.1) is 5.69 Å². The van der Waals surface area contributed by atoms with Crippen LogP contribution in [0.3, 0.4) is 0 Å². The third-order valence-electron chi connectivity index (χ3n) is 5.17. The van der Waals surface area contributed by atoms with Gasteiger partial charge in [-0.05, 0) is 44.2 Å². The zero-order valence-electron chi connectivity index (χ0n) is 17.0. The summed E-state index contributed by atoms with van der Waals surface area (Å²) in [6.45, 7) is 6.30. The van der Waals surface area contributed by atoms with E-state index >= 15 is 0 Å². The SMILES string of the molecule is Cc1cc(C)n(-c2ccc(=O)n(CC(=O)N3CCN(c4cccc(Cl)c4)CC3)n2)n1. The predicted octanol–water partition coefficient (Wildman–Crippen LogP) is 2.05. The Labute approximate surface area is 179 Å². The summed E-state index contributed by atoms with van der Waals surface area (Å²) in [5.74, 6) is 0.389. The molecule has 3 heterocycles. The predicted molar refractivity (Wildman–Crippen MR) is 115 cm³/mol. The van der Waals surface area contributed by atoms with Crippen LogP contribution in [0.15, 0.2) is 47.3 Å². The molecule has 1 fully saturated rings. The van der Waals surface area contributed by atoms with Crippen molar-refractivity contribution in [3.8, 4) is 5.82 Å². The van der Waals surface area contributed by atoms with Crippen LogP contribution in [-0.2, 0) is 11.3 Å². The van der Waals surface area contributed by atoms with E-state index in [4.69, 9.17) is 11.6 Å². The molecule has 2 aromatic heterocycles. The Bertz CT molecular complexity index is 1130. The highest BCUT2D eigenvalue weighted by atomic mass is 35.5. The average molecular weight is 427 g/mol. The molecule has 1 aliphatic rings. The number of nitrogens with zero attached hydrogens (tertiary/aromatic N) is 6. The van der Waals surface area contributed by atoms with Crippen LogP contribution in [0.25, 0.3) is 5.82 Å². The van der Waals surface area contributed by atoms with Crippen LogP contribution in [0.5, 0.6) is 0 Å². The van der Waals surface area contributed by atoms with Crippen LogP contribution in [-0.4, -0.2) is 56.5 Å². The van der Waals surface area contributed by atoms with Crippen LogP contribution in [0.4, 0.5) is 5.69 Å². The van der Waals surface area contributed by atoms with Gasteiger partial charge in [0.15, 0.2) is 5.82 Å². The van der Waals surface area contributed by atoms with Gasteiger partial charge >= 0.3 is 0 Å². The van der Waals surface area contributed by atoms with E-state index in [1.807, 2.05) is 44.2 Å². The molecule has 4 rings (SSSR count). The maximum Gasteiger partial charge on any atom is 0.267 e. The number of aromatic nitrogens is 4. The summed E-state index contributed by atoms with van der Waals surface area (Å²) < 4.78 is 2.87. The fraction of sp³-hybridized carbons (Fsp3) is 0.333. The number of amides is 1. The first-order chi connectivity index (χ1) is 14.4. The minimum atomic E-state index is -0.314. The molecule has 9 heteroatoms. The van der Waals surface area contributed by atoms with Crippen molar-refractivity contribution in [2.75, 3.05) is 31.1 Å². The van der Waals surface area contributed by atoms with Gasteiger partial charge in [-0.2, -0.15) is 5.10 Å². The highest BCUT2D eigenvalue weighted by Gasteiger charge is 2.22. The van der Waals surface area contributed by atoms with Crippen molar-refractivity contribution in [2.24, 2.45) is 0 Å². The summed E-state index contributed by atoms with van der Waals surface area (Å²) in [6, 6.07) is 12.7. The number of aryl methyl sites for hydroxylation is 2. The van der Waals surface area contributed by atoms with Gasteiger partial charge in [-0.1, -0.05) is 17.7 Å². The summed E-state index contributed by atoms with van der Waals surface area (Å²) in [6.07, 6.45) is 0. The number of rotatable bonds is 4. The summed E-state index contributed by atoms with van der Waals surface area (Å²) in [5.41, 5.74) is 2.51. The molecule has 1 aromatic carbocycles. The molecule has 1 amide bonds. The second-order valence-corrected chi connectivity index (χ2v) is 7.81.